The number of hydrogen-bond donors (Lipinski definition) is 8. The van der Waals surface area contributed by atoms with Crippen LogP contribution in [0.1, 0.15) is 58.3 Å². The van der Waals surface area contributed by atoms with Crippen molar-refractivity contribution in [1.29, 1.82) is 0 Å². The molecule has 0 radical (unpaired) electrons. The van der Waals surface area contributed by atoms with Crippen molar-refractivity contribution in [1.82, 2.24) is 16.0 Å². The molecule has 0 aromatic heterocycles. The van der Waals surface area contributed by atoms with Crippen molar-refractivity contribution >= 4 is 29.7 Å². The monoisotopic (exact) mass is 474 g/mol. The first-order chi connectivity index (χ1) is 15.5. The predicted molar refractivity (Wildman–Crippen MR) is 120 cm³/mol. The van der Waals surface area contributed by atoms with Gasteiger partial charge in [-0.3, -0.25) is 19.2 Å². The average Bonchev–Trinajstić information content (AvgIpc) is 2.74. The van der Waals surface area contributed by atoms with Gasteiger partial charge in [-0.1, -0.05) is 0 Å². The quantitative estimate of drug-likeness (QED) is 0.102. The van der Waals surface area contributed by atoms with Crippen molar-refractivity contribution in [2.75, 3.05) is 13.1 Å². The lowest BCUT2D eigenvalue weighted by Crippen LogP contribution is -2.56. The van der Waals surface area contributed by atoms with Crippen LogP contribution < -0.4 is 33.2 Å². The van der Waals surface area contributed by atoms with Crippen LogP contribution in [0.3, 0.4) is 0 Å². The van der Waals surface area contributed by atoms with Crippen LogP contribution in [0.4, 0.5) is 0 Å². The molecule has 0 saturated carbocycles. The second-order valence-corrected chi connectivity index (χ2v) is 7.81. The lowest BCUT2D eigenvalue weighted by Gasteiger charge is -2.25. The standard InChI is InChI=1S/C20H38N6O7/c1-12(23)17(29)24-13(6-2-4-10-21)18(30)25-14(7-3-5-11-22)19(31)26-15(20(32)33)8-9-16(27)28/h12-15H,2-11,21-23H2,1H3,(H,24,29)(H,25,30)(H,26,31)(H,27,28)(H,32,33). The zero-order valence-corrected chi connectivity index (χ0v) is 19.0. The lowest BCUT2D eigenvalue weighted by atomic mass is 10.0. The van der Waals surface area contributed by atoms with Gasteiger partial charge < -0.3 is 43.4 Å². The van der Waals surface area contributed by atoms with Crippen LogP contribution in [-0.4, -0.2) is 77.1 Å². The van der Waals surface area contributed by atoms with E-state index in [0.29, 0.717) is 38.8 Å². The van der Waals surface area contributed by atoms with Crippen molar-refractivity contribution in [3.05, 3.63) is 0 Å². The number of nitrogens with one attached hydrogen (secondary N) is 3. The summed E-state index contributed by atoms with van der Waals surface area (Å²) in [5, 5.41) is 25.5. The summed E-state index contributed by atoms with van der Waals surface area (Å²) >= 11 is 0. The van der Waals surface area contributed by atoms with Crippen molar-refractivity contribution < 1.29 is 34.2 Å². The Labute approximate surface area is 193 Å². The largest absolute Gasteiger partial charge is 0.481 e. The summed E-state index contributed by atoms with van der Waals surface area (Å²) in [5.74, 6) is -4.51. The molecule has 4 unspecified atom stereocenters. The average molecular weight is 475 g/mol. The van der Waals surface area contributed by atoms with E-state index in [9.17, 15) is 29.1 Å². The van der Waals surface area contributed by atoms with Crippen LogP contribution in [0, 0.1) is 0 Å². The highest BCUT2D eigenvalue weighted by atomic mass is 16.4. The molecule has 13 nitrogen and oxygen atoms in total. The van der Waals surface area contributed by atoms with Crippen LogP contribution in [-0.2, 0) is 24.0 Å². The van der Waals surface area contributed by atoms with Crippen molar-refractivity contribution in [2.24, 2.45) is 17.2 Å². The minimum absolute atomic E-state index is 0.177. The van der Waals surface area contributed by atoms with Gasteiger partial charge in [0.2, 0.25) is 17.7 Å². The van der Waals surface area contributed by atoms with Gasteiger partial charge >= 0.3 is 11.9 Å². The number of carbonyl (C=O) groups excluding carboxylic acids is 3. The van der Waals surface area contributed by atoms with E-state index in [2.05, 4.69) is 16.0 Å². The normalized spacial score (nSPS) is 14.4. The molecule has 0 aliphatic heterocycles. The summed E-state index contributed by atoms with van der Waals surface area (Å²) in [6, 6.07) is -4.33. The van der Waals surface area contributed by atoms with Gasteiger partial charge in [-0.05, 0) is 65.0 Å². The van der Waals surface area contributed by atoms with E-state index in [1.54, 1.807) is 0 Å². The third kappa shape index (κ3) is 13.4. The first-order valence-corrected chi connectivity index (χ1v) is 11.0. The molecular formula is C20H38N6O7. The number of hydrogen-bond acceptors (Lipinski definition) is 8. The Morgan fingerprint density at radius 3 is 1.48 bits per heavy atom. The van der Waals surface area contributed by atoms with Crippen LogP contribution in [0.15, 0.2) is 0 Å². The molecule has 190 valence electrons. The highest BCUT2D eigenvalue weighted by Crippen LogP contribution is 2.07. The first-order valence-electron chi connectivity index (χ1n) is 11.0. The first kappa shape index (κ1) is 30.2. The number of amides is 3. The molecule has 0 fully saturated rings. The van der Waals surface area contributed by atoms with Gasteiger partial charge in [0.15, 0.2) is 0 Å². The van der Waals surface area contributed by atoms with Crippen LogP contribution in [0.2, 0.25) is 0 Å². The topological polar surface area (TPSA) is 240 Å². The van der Waals surface area contributed by atoms with E-state index < -0.39 is 60.2 Å². The maximum Gasteiger partial charge on any atom is 0.326 e. The molecule has 0 bridgehead atoms. The van der Waals surface area contributed by atoms with Gasteiger partial charge in [-0.15, -0.1) is 0 Å². The number of nitrogens with two attached hydrogens (primary N) is 3. The molecule has 11 N–H and O–H groups in total. The molecule has 0 heterocycles. The molecule has 13 heteroatoms. The maximum atomic E-state index is 12.9. The number of rotatable bonds is 18. The molecule has 33 heavy (non-hydrogen) atoms. The van der Waals surface area contributed by atoms with Gasteiger partial charge in [0.1, 0.15) is 18.1 Å². The maximum absolute atomic E-state index is 12.9. The Hall–Kier alpha value is -2.77. The fourth-order valence-electron chi connectivity index (χ4n) is 2.90. The molecule has 0 aliphatic rings. The lowest BCUT2D eigenvalue weighted by molar-refractivity contribution is -0.143. The summed E-state index contributed by atoms with van der Waals surface area (Å²) < 4.78 is 0. The summed E-state index contributed by atoms with van der Waals surface area (Å²) in [7, 11) is 0. The zero-order chi connectivity index (χ0) is 25.4. The fourth-order valence-corrected chi connectivity index (χ4v) is 2.90. The molecule has 0 aliphatic carbocycles. The van der Waals surface area contributed by atoms with E-state index in [4.69, 9.17) is 22.3 Å². The molecule has 0 aromatic rings. The molecule has 0 spiro atoms. The smallest absolute Gasteiger partial charge is 0.326 e. The Morgan fingerprint density at radius 1 is 0.697 bits per heavy atom. The minimum atomic E-state index is -1.43. The van der Waals surface area contributed by atoms with E-state index in [-0.39, 0.29) is 19.3 Å². The van der Waals surface area contributed by atoms with Gasteiger partial charge in [-0.25, -0.2) is 4.79 Å². The van der Waals surface area contributed by atoms with Crippen molar-refractivity contribution in [3.63, 3.8) is 0 Å². The third-order valence-electron chi connectivity index (χ3n) is 4.83. The summed E-state index contributed by atoms with van der Waals surface area (Å²) in [5.41, 5.74) is 16.5. The van der Waals surface area contributed by atoms with Crippen LogP contribution >= 0.6 is 0 Å². The Balaban J connectivity index is 5.41. The predicted octanol–water partition coefficient (Wildman–Crippen LogP) is -2.00. The highest BCUT2D eigenvalue weighted by molar-refractivity contribution is 5.94. The number of carboxylic acid groups (broad SMARTS) is 2. The Morgan fingerprint density at radius 2 is 1.12 bits per heavy atom. The fraction of sp³-hybridized carbons (Fsp3) is 0.750. The van der Waals surface area contributed by atoms with Gasteiger partial charge in [0.25, 0.3) is 0 Å². The molecule has 0 rings (SSSR count). The van der Waals surface area contributed by atoms with E-state index in [1.165, 1.54) is 6.92 Å². The zero-order valence-electron chi connectivity index (χ0n) is 19.0. The minimum Gasteiger partial charge on any atom is -0.481 e. The van der Waals surface area contributed by atoms with E-state index >= 15 is 0 Å². The Kier molecular flexibility index (Phi) is 15.4. The summed E-state index contributed by atoms with van der Waals surface area (Å²) in [6.07, 6.45) is 1.91. The van der Waals surface area contributed by atoms with Gasteiger partial charge in [-0.2, -0.15) is 0 Å². The highest BCUT2D eigenvalue weighted by Gasteiger charge is 2.29. The Bertz CT molecular complexity index is 659. The van der Waals surface area contributed by atoms with Crippen molar-refractivity contribution in [2.45, 2.75) is 82.5 Å². The van der Waals surface area contributed by atoms with E-state index in [0.717, 1.165) is 0 Å². The number of aliphatic carboxylic acids is 2. The van der Waals surface area contributed by atoms with Crippen molar-refractivity contribution in [3.8, 4) is 0 Å². The third-order valence-corrected chi connectivity index (χ3v) is 4.83. The molecule has 3 amide bonds. The number of carboxylic acids is 2. The number of carbonyl (C=O) groups is 5. The second kappa shape index (κ2) is 16.8. The molecular weight excluding hydrogens is 436 g/mol. The van der Waals surface area contributed by atoms with Gasteiger partial charge in [0.05, 0.1) is 6.04 Å². The van der Waals surface area contributed by atoms with Gasteiger partial charge in [0, 0.05) is 6.42 Å². The second-order valence-electron chi connectivity index (χ2n) is 7.81. The van der Waals surface area contributed by atoms with Crippen LogP contribution in [0.25, 0.3) is 0 Å². The number of unbranched alkanes of at least 4 members (excludes halogenated alkanes) is 2. The molecule has 0 aromatic carbocycles. The summed E-state index contributed by atoms with van der Waals surface area (Å²) in [4.78, 5) is 59.8. The SMILES string of the molecule is CC(N)C(=O)NC(CCCCN)C(=O)NC(CCCCN)C(=O)NC(CCC(=O)O)C(=O)O. The molecule has 4 atom stereocenters. The van der Waals surface area contributed by atoms with Crippen LogP contribution in [0.5, 0.6) is 0 Å². The molecule has 0 saturated heterocycles. The summed E-state index contributed by atoms with van der Waals surface area (Å²) in [6.45, 7) is 2.24. The van der Waals surface area contributed by atoms with E-state index in [1.807, 2.05) is 0 Å².